The van der Waals surface area contributed by atoms with Crippen molar-refractivity contribution < 1.29 is 4.79 Å². The van der Waals surface area contributed by atoms with Crippen LogP contribution in [0, 0.1) is 0 Å². The van der Waals surface area contributed by atoms with Gasteiger partial charge in [0.25, 0.3) is 0 Å². The van der Waals surface area contributed by atoms with Crippen molar-refractivity contribution in [3.05, 3.63) is 0 Å². The summed E-state index contributed by atoms with van der Waals surface area (Å²) in [4.78, 5) is 10.7. The van der Waals surface area contributed by atoms with Crippen molar-refractivity contribution in [3.8, 4) is 0 Å². The highest BCUT2D eigenvalue weighted by Gasteiger charge is 2.23. The van der Waals surface area contributed by atoms with Crippen LogP contribution in [0.3, 0.4) is 0 Å². The Labute approximate surface area is 68.6 Å². The second-order valence-electron chi connectivity index (χ2n) is 2.85. The lowest BCUT2D eigenvalue weighted by molar-refractivity contribution is -0.124. The minimum absolute atomic E-state index is 0.138. The average Bonchev–Trinajstić information content (AvgIpc) is 1.89. The van der Waals surface area contributed by atoms with Gasteiger partial charge < -0.3 is 5.32 Å². The molecule has 1 amide bonds. The first-order chi connectivity index (χ1) is 5.10. The van der Waals surface area contributed by atoms with Crippen molar-refractivity contribution in [2.45, 2.75) is 39.8 Å². The molecule has 0 spiro atoms. The molecule has 0 aromatic carbocycles. The first-order valence-corrected chi connectivity index (χ1v) is 4.16. The van der Waals surface area contributed by atoms with E-state index >= 15 is 0 Å². The molecule has 1 rings (SSSR count). The van der Waals surface area contributed by atoms with Crippen LogP contribution in [0.4, 0.5) is 0 Å². The van der Waals surface area contributed by atoms with Gasteiger partial charge >= 0.3 is 0 Å². The first-order valence-electron chi connectivity index (χ1n) is 4.16. The summed E-state index contributed by atoms with van der Waals surface area (Å²) in [6.07, 6.45) is 0.601. The Hall–Kier alpha value is -0.570. The third-order valence-electron chi connectivity index (χ3n) is 1.37. The van der Waals surface area contributed by atoms with E-state index in [2.05, 4.69) is 10.6 Å². The Morgan fingerprint density at radius 1 is 1.36 bits per heavy atom. The summed E-state index contributed by atoms with van der Waals surface area (Å²) in [5.74, 6) is 0.138. The molecule has 1 heterocycles. The topological polar surface area (TPSA) is 41.1 Å². The van der Waals surface area contributed by atoms with Crippen LogP contribution >= 0.6 is 0 Å². The Morgan fingerprint density at radius 2 is 1.91 bits per heavy atom. The molecule has 0 atom stereocenters. The van der Waals surface area contributed by atoms with Crippen molar-refractivity contribution in [1.29, 1.82) is 0 Å². The SMILES string of the molecule is CC.CC1(C)NCCC(=O)N1. The minimum Gasteiger partial charge on any atom is -0.339 e. The predicted octanol–water partition coefficient (Wildman–Crippen LogP) is 0.858. The monoisotopic (exact) mass is 158 g/mol. The zero-order valence-electron chi connectivity index (χ0n) is 7.82. The fourth-order valence-electron chi connectivity index (χ4n) is 0.944. The van der Waals surface area contributed by atoms with Crippen LogP contribution in [0.5, 0.6) is 0 Å². The van der Waals surface area contributed by atoms with Gasteiger partial charge in [0, 0.05) is 13.0 Å². The summed E-state index contributed by atoms with van der Waals surface area (Å²) in [7, 11) is 0. The predicted molar refractivity (Wildman–Crippen MR) is 46.2 cm³/mol. The van der Waals surface area contributed by atoms with Gasteiger partial charge in [0.05, 0.1) is 5.66 Å². The van der Waals surface area contributed by atoms with E-state index in [4.69, 9.17) is 0 Å². The second-order valence-corrected chi connectivity index (χ2v) is 2.85. The van der Waals surface area contributed by atoms with E-state index in [0.29, 0.717) is 6.42 Å². The molecular formula is C8H18N2O. The average molecular weight is 158 g/mol. The van der Waals surface area contributed by atoms with Crippen LogP contribution in [0.1, 0.15) is 34.1 Å². The van der Waals surface area contributed by atoms with E-state index < -0.39 is 0 Å². The summed E-state index contributed by atoms with van der Waals surface area (Å²) < 4.78 is 0. The van der Waals surface area contributed by atoms with Gasteiger partial charge in [-0.05, 0) is 13.8 Å². The molecule has 1 fully saturated rings. The second kappa shape index (κ2) is 4.34. The molecule has 11 heavy (non-hydrogen) atoms. The molecule has 3 nitrogen and oxygen atoms in total. The standard InChI is InChI=1S/C6H12N2O.C2H6/c1-6(2)7-4-3-5(9)8-6;1-2/h7H,3-4H2,1-2H3,(H,8,9);1-2H3. The molecule has 0 aliphatic carbocycles. The summed E-state index contributed by atoms with van der Waals surface area (Å²) >= 11 is 0. The first kappa shape index (κ1) is 10.4. The lowest BCUT2D eigenvalue weighted by Gasteiger charge is -2.31. The smallest absolute Gasteiger partial charge is 0.222 e. The Kier molecular flexibility index (Phi) is 4.11. The van der Waals surface area contributed by atoms with Crippen molar-refractivity contribution >= 4 is 5.91 Å². The summed E-state index contributed by atoms with van der Waals surface area (Å²) in [5, 5.41) is 5.96. The van der Waals surface area contributed by atoms with Crippen molar-refractivity contribution in [2.24, 2.45) is 0 Å². The summed E-state index contributed by atoms with van der Waals surface area (Å²) in [6.45, 7) is 8.69. The normalized spacial score (nSPS) is 21.3. The molecule has 3 heteroatoms. The quantitative estimate of drug-likeness (QED) is 0.549. The van der Waals surface area contributed by atoms with Crippen molar-refractivity contribution in [3.63, 3.8) is 0 Å². The number of rotatable bonds is 0. The molecule has 1 saturated heterocycles. The fourth-order valence-corrected chi connectivity index (χ4v) is 0.944. The molecule has 0 saturated carbocycles. The molecule has 0 unspecified atom stereocenters. The van der Waals surface area contributed by atoms with Gasteiger partial charge in [-0.1, -0.05) is 13.8 Å². The number of carbonyl (C=O) groups excluding carboxylic acids is 1. The number of carbonyl (C=O) groups is 1. The van der Waals surface area contributed by atoms with Crippen LogP contribution < -0.4 is 10.6 Å². The Morgan fingerprint density at radius 3 is 2.18 bits per heavy atom. The highest BCUT2D eigenvalue weighted by Crippen LogP contribution is 2.01. The van der Waals surface area contributed by atoms with Crippen LogP contribution in [-0.2, 0) is 4.79 Å². The van der Waals surface area contributed by atoms with E-state index in [1.807, 2.05) is 27.7 Å². The van der Waals surface area contributed by atoms with Crippen molar-refractivity contribution in [1.82, 2.24) is 10.6 Å². The molecule has 1 aliphatic heterocycles. The van der Waals surface area contributed by atoms with Crippen LogP contribution in [-0.4, -0.2) is 18.1 Å². The van der Waals surface area contributed by atoms with Gasteiger partial charge in [-0.25, -0.2) is 0 Å². The molecule has 0 aromatic rings. The Balaban J connectivity index is 0.000000461. The van der Waals surface area contributed by atoms with E-state index in [0.717, 1.165) is 6.54 Å². The highest BCUT2D eigenvalue weighted by atomic mass is 16.2. The zero-order chi connectivity index (χ0) is 8.91. The minimum atomic E-state index is -0.199. The molecule has 2 N–H and O–H groups in total. The molecule has 66 valence electrons. The lowest BCUT2D eigenvalue weighted by atomic mass is 10.1. The molecule has 0 aromatic heterocycles. The maximum Gasteiger partial charge on any atom is 0.222 e. The number of nitrogens with one attached hydrogen (secondary N) is 2. The van der Waals surface area contributed by atoms with E-state index in [-0.39, 0.29) is 11.6 Å². The molecule has 0 bridgehead atoms. The summed E-state index contributed by atoms with van der Waals surface area (Å²) in [6, 6.07) is 0. The third-order valence-corrected chi connectivity index (χ3v) is 1.37. The van der Waals surface area contributed by atoms with Gasteiger partial charge in [0.2, 0.25) is 5.91 Å². The largest absolute Gasteiger partial charge is 0.339 e. The third kappa shape index (κ3) is 3.98. The van der Waals surface area contributed by atoms with Gasteiger partial charge in [-0.15, -0.1) is 0 Å². The highest BCUT2D eigenvalue weighted by molar-refractivity contribution is 5.77. The van der Waals surface area contributed by atoms with Crippen molar-refractivity contribution in [2.75, 3.05) is 6.54 Å². The Bertz CT molecular complexity index is 132. The zero-order valence-corrected chi connectivity index (χ0v) is 7.82. The molecule has 1 aliphatic rings. The number of amides is 1. The molecule has 0 radical (unpaired) electrons. The van der Waals surface area contributed by atoms with Gasteiger partial charge in [-0.2, -0.15) is 0 Å². The van der Waals surface area contributed by atoms with Crippen LogP contribution in [0.2, 0.25) is 0 Å². The van der Waals surface area contributed by atoms with Crippen LogP contribution in [0.25, 0.3) is 0 Å². The molecular weight excluding hydrogens is 140 g/mol. The maximum atomic E-state index is 10.7. The van der Waals surface area contributed by atoms with E-state index in [1.54, 1.807) is 0 Å². The maximum absolute atomic E-state index is 10.7. The van der Waals surface area contributed by atoms with Gasteiger partial charge in [-0.3, -0.25) is 10.1 Å². The van der Waals surface area contributed by atoms with E-state index in [9.17, 15) is 4.79 Å². The van der Waals surface area contributed by atoms with Crippen LogP contribution in [0.15, 0.2) is 0 Å². The van der Waals surface area contributed by atoms with Gasteiger partial charge in [0.15, 0.2) is 0 Å². The lowest BCUT2D eigenvalue weighted by Crippen LogP contribution is -2.59. The fraction of sp³-hybridized carbons (Fsp3) is 0.875. The number of hydrogen-bond donors (Lipinski definition) is 2. The van der Waals surface area contributed by atoms with Gasteiger partial charge in [0.1, 0.15) is 0 Å². The summed E-state index contributed by atoms with van der Waals surface area (Å²) in [5.41, 5.74) is -0.199. The van der Waals surface area contributed by atoms with E-state index in [1.165, 1.54) is 0 Å². The number of hydrogen-bond acceptors (Lipinski definition) is 2.